The molecule has 0 radical (unpaired) electrons. The first-order chi connectivity index (χ1) is 14.2. The Morgan fingerprint density at radius 3 is 2.59 bits per heavy atom. The third-order valence-electron chi connectivity index (χ3n) is 6.06. The van der Waals surface area contributed by atoms with E-state index in [9.17, 15) is 4.79 Å². The van der Waals surface area contributed by atoms with Gasteiger partial charge in [-0.15, -0.1) is 0 Å². The highest BCUT2D eigenvalue weighted by atomic mass is 16.5. The van der Waals surface area contributed by atoms with Crippen molar-refractivity contribution in [2.45, 2.75) is 32.0 Å². The van der Waals surface area contributed by atoms with Gasteiger partial charge in [-0.3, -0.25) is 14.6 Å². The first-order valence-corrected chi connectivity index (χ1v) is 10.7. The number of aryl methyl sites for hydroxylation is 1. The lowest BCUT2D eigenvalue weighted by atomic mass is 10.1. The number of nitrogens with zero attached hydrogens (tertiary/aromatic N) is 3. The molecule has 1 aromatic carbocycles. The fraction of sp³-hybridized carbons (Fsp3) is 0.522. The quantitative estimate of drug-likeness (QED) is 0.780. The van der Waals surface area contributed by atoms with Crippen LogP contribution in [0.15, 0.2) is 42.6 Å². The average Bonchev–Trinajstić information content (AvgIpc) is 3.36. The van der Waals surface area contributed by atoms with Gasteiger partial charge in [-0.25, -0.2) is 0 Å². The Labute approximate surface area is 173 Å². The summed E-state index contributed by atoms with van der Waals surface area (Å²) in [6.07, 6.45) is 4.35. The van der Waals surface area contributed by atoms with Crippen LogP contribution in [0.4, 0.5) is 0 Å². The molecule has 1 amide bonds. The molecule has 0 unspecified atom stereocenters. The number of nitrogens with one attached hydrogen (secondary N) is 1. The van der Waals surface area contributed by atoms with Crippen LogP contribution < -0.4 is 5.32 Å². The standard InChI is InChI=1S/C23H32N4O2/c1-25-10-2-4-21(25)22-5-3-11-27(22)18-23(28)24-16-19-6-8-20(9-7-19)17-26-12-14-29-15-13-26/h2,4,6-10,22H,3,5,11-18H2,1H3,(H,24,28)/t22-/m1/s1. The van der Waals surface area contributed by atoms with Gasteiger partial charge in [0.05, 0.1) is 25.8 Å². The van der Waals surface area contributed by atoms with Crippen LogP contribution in [0.5, 0.6) is 0 Å². The van der Waals surface area contributed by atoms with Crippen molar-refractivity contribution in [1.82, 2.24) is 19.7 Å². The Kier molecular flexibility index (Phi) is 6.64. The molecule has 1 aromatic heterocycles. The van der Waals surface area contributed by atoms with Gasteiger partial charge >= 0.3 is 0 Å². The van der Waals surface area contributed by atoms with Crippen molar-refractivity contribution in [2.75, 3.05) is 39.4 Å². The van der Waals surface area contributed by atoms with Crippen LogP contribution in [0, 0.1) is 0 Å². The summed E-state index contributed by atoms with van der Waals surface area (Å²) >= 11 is 0. The third kappa shape index (κ3) is 5.26. The number of likely N-dealkylation sites (tertiary alicyclic amines) is 1. The fourth-order valence-electron chi connectivity index (χ4n) is 4.39. The molecule has 2 aliphatic heterocycles. The SMILES string of the molecule is Cn1cccc1[C@H]1CCCN1CC(=O)NCc1ccc(CN2CCOCC2)cc1. The van der Waals surface area contributed by atoms with Gasteiger partial charge in [-0.2, -0.15) is 0 Å². The summed E-state index contributed by atoms with van der Waals surface area (Å²) in [7, 11) is 2.08. The van der Waals surface area contributed by atoms with Crippen molar-refractivity contribution in [1.29, 1.82) is 0 Å². The van der Waals surface area contributed by atoms with Gasteiger partial charge in [0.2, 0.25) is 5.91 Å². The van der Waals surface area contributed by atoms with Crippen molar-refractivity contribution in [3.8, 4) is 0 Å². The number of carbonyl (C=O) groups is 1. The number of hydrogen-bond acceptors (Lipinski definition) is 4. The number of hydrogen-bond donors (Lipinski definition) is 1. The summed E-state index contributed by atoms with van der Waals surface area (Å²) in [6, 6.07) is 13.2. The minimum atomic E-state index is 0.100. The number of carbonyl (C=O) groups excluding carboxylic acids is 1. The lowest BCUT2D eigenvalue weighted by molar-refractivity contribution is -0.122. The molecule has 3 heterocycles. The third-order valence-corrected chi connectivity index (χ3v) is 6.06. The van der Waals surface area contributed by atoms with Crippen LogP contribution in [0.1, 0.15) is 35.7 Å². The zero-order valence-corrected chi connectivity index (χ0v) is 17.3. The van der Waals surface area contributed by atoms with Crippen molar-refractivity contribution in [3.63, 3.8) is 0 Å². The van der Waals surface area contributed by atoms with Gasteiger partial charge in [-0.1, -0.05) is 24.3 Å². The number of benzene rings is 1. The lowest BCUT2D eigenvalue weighted by Gasteiger charge is -2.26. The fourth-order valence-corrected chi connectivity index (χ4v) is 4.39. The number of ether oxygens (including phenoxy) is 1. The summed E-state index contributed by atoms with van der Waals surface area (Å²) in [4.78, 5) is 17.2. The normalized spacial score (nSPS) is 20.8. The lowest BCUT2D eigenvalue weighted by Crippen LogP contribution is -2.37. The number of morpholine rings is 1. The van der Waals surface area contributed by atoms with E-state index >= 15 is 0 Å². The van der Waals surface area contributed by atoms with Crippen molar-refractivity contribution >= 4 is 5.91 Å². The molecule has 0 spiro atoms. The van der Waals surface area contributed by atoms with E-state index in [-0.39, 0.29) is 5.91 Å². The molecule has 2 fully saturated rings. The van der Waals surface area contributed by atoms with E-state index in [2.05, 4.69) is 69.3 Å². The molecule has 0 aliphatic carbocycles. The molecule has 2 aromatic rings. The number of amides is 1. The van der Waals surface area contributed by atoms with Gasteiger partial charge in [0.25, 0.3) is 0 Å². The summed E-state index contributed by atoms with van der Waals surface area (Å²) in [5.41, 5.74) is 3.75. The van der Waals surface area contributed by atoms with Crippen LogP contribution >= 0.6 is 0 Å². The van der Waals surface area contributed by atoms with Crippen LogP contribution in [0.3, 0.4) is 0 Å². The predicted octanol–water partition coefficient (Wildman–Crippen LogP) is 2.31. The highest BCUT2D eigenvalue weighted by Crippen LogP contribution is 2.31. The maximum Gasteiger partial charge on any atom is 0.234 e. The van der Waals surface area contributed by atoms with Gasteiger partial charge in [-0.05, 0) is 42.6 Å². The van der Waals surface area contributed by atoms with Crippen LogP contribution in [0.25, 0.3) is 0 Å². The molecule has 2 aliphatic rings. The molecular formula is C23H32N4O2. The monoisotopic (exact) mass is 396 g/mol. The van der Waals surface area contributed by atoms with Crippen molar-refractivity contribution < 1.29 is 9.53 Å². The van der Waals surface area contributed by atoms with Gasteiger partial charge in [0.15, 0.2) is 0 Å². The Balaban J connectivity index is 1.24. The predicted molar refractivity (Wildman–Crippen MR) is 113 cm³/mol. The van der Waals surface area contributed by atoms with Crippen LogP contribution in [-0.2, 0) is 29.7 Å². The minimum Gasteiger partial charge on any atom is -0.379 e. The minimum absolute atomic E-state index is 0.100. The summed E-state index contributed by atoms with van der Waals surface area (Å²) < 4.78 is 7.57. The van der Waals surface area contributed by atoms with Gasteiger partial charge in [0.1, 0.15) is 0 Å². The molecule has 1 atom stereocenters. The second kappa shape index (κ2) is 9.57. The van der Waals surface area contributed by atoms with E-state index in [1.54, 1.807) is 0 Å². The number of aromatic nitrogens is 1. The average molecular weight is 397 g/mol. The van der Waals surface area contributed by atoms with E-state index in [1.807, 2.05) is 0 Å². The summed E-state index contributed by atoms with van der Waals surface area (Å²) in [5.74, 6) is 0.100. The first-order valence-electron chi connectivity index (χ1n) is 10.7. The molecule has 0 bridgehead atoms. The van der Waals surface area contributed by atoms with Gasteiger partial charge < -0.3 is 14.6 Å². The molecule has 4 rings (SSSR count). The molecule has 156 valence electrons. The molecular weight excluding hydrogens is 364 g/mol. The highest BCUT2D eigenvalue weighted by Gasteiger charge is 2.28. The molecule has 6 heteroatoms. The Morgan fingerprint density at radius 2 is 1.86 bits per heavy atom. The second-order valence-electron chi connectivity index (χ2n) is 8.15. The topological polar surface area (TPSA) is 49.7 Å². The molecule has 29 heavy (non-hydrogen) atoms. The number of rotatable bonds is 7. The molecule has 6 nitrogen and oxygen atoms in total. The summed E-state index contributed by atoms with van der Waals surface area (Å²) in [6.45, 7) is 6.64. The molecule has 1 N–H and O–H groups in total. The van der Waals surface area contributed by atoms with E-state index < -0.39 is 0 Å². The van der Waals surface area contributed by atoms with E-state index in [0.29, 0.717) is 19.1 Å². The highest BCUT2D eigenvalue weighted by molar-refractivity contribution is 5.78. The largest absolute Gasteiger partial charge is 0.379 e. The van der Waals surface area contributed by atoms with Crippen LogP contribution in [0.2, 0.25) is 0 Å². The van der Waals surface area contributed by atoms with Crippen LogP contribution in [-0.4, -0.2) is 59.7 Å². The van der Waals surface area contributed by atoms with Gasteiger partial charge in [0, 0.05) is 45.1 Å². The smallest absolute Gasteiger partial charge is 0.234 e. The zero-order chi connectivity index (χ0) is 20.1. The van der Waals surface area contributed by atoms with E-state index in [1.165, 1.54) is 11.3 Å². The first kappa shape index (κ1) is 20.1. The van der Waals surface area contributed by atoms with Crippen molar-refractivity contribution in [3.05, 3.63) is 59.4 Å². The van der Waals surface area contributed by atoms with E-state index in [4.69, 9.17) is 4.74 Å². The Bertz CT molecular complexity index is 795. The second-order valence-corrected chi connectivity index (χ2v) is 8.15. The van der Waals surface area contributed by atoms with Crippen molar-refractivity contribution in [2.24, 2.45) is 7.05 Å². The maximum atomic E-state index is 12.5. The molecule has 2 saturated heterocycles. The maximum absolute atomic E-state index is 12.5. The zero-order valence-electron chi connectivity index (χ0n) is 17.3. The Morgan fingerprint density at radius 1 is 1.10 bits per heavy atom. The molecule has 0 saturated carbocycles. The summed E-state index contributed by atoms with van der Waals surface area (Å²) in [5, 5.41) is 3.09. The Hall–Kier alpha value is -2.15. The van der Waals surface area contributed by atoms with E-state index in [0.717, 1.165) is 57.8 Å².